The molecule has 0 fully saturated rings. The van der Waals surface area contributed by atoms with Gasteiger partial charge in [0.25, 0.3) is 5.91 Å². The van der Waals surface area contributed by atoms with Crippen molar-refractivity contribution >= 4 is 51.1 Å². The first-order valence-electron chi connectivity index (χ1n) is 7.38. The van der Waals surface area contributed by atoms with E-state index in [1.165, 1.54) is 0 Å². The topological polar surface area (TPSA) is 71.2 Å². The second kappa shape index (κ2) is 7.48. The van der Waals surface area contributed by atoms with Crippen molar-refractivity contribution in [1.29, 1.82) is 0 Å². The van der Waals surface area contributed by atoms with Gasteiger partial charge >= 0.3 is 5.97 Å². The Kier molecular flexibility index (Phi) is 5.14. The summed E-state index contributed by atoms with van der Waals surface area (Å²) in [6, 6.07) is 15.1. The van der Waals surface area contributed by atoms with Gasteiger partial charge in [-0.1, -0.05) is 18.2 Å². The van der Waals surface area contributed by atoms with Crippen LogP contribution in [0, 0.1) is 3.57 Å². The summed E-state index contributed by atoms with van der Waals surface area (Å²) in [7, 11) is 0. The Morgan fingerprint density at radius 3 is 2.62 bits per heavy atom. The van der Waals surface area contributed by atoms with Gasteiger partial charge in [0.15, 0.2) is 6.61 Å². The number of benzene rings is 2. The van der Waals surface area contributed by atoms with Gasteiger partial charge < -0.3 is 15.0 Å². The lowest BCUT2D eigenvalue weighted by atomic mass is 10.1. The van der Waals surface area contributed by atoms with Crippen LogP contribution in [0.3, 0.4) is 0 Å². The number of aromatic amines is 1. The van der Waals surface area contributed by atoms with Crippen molar-refractivity contribution < 1.29 is 14.3 Å². The number of fused-ring (bicyclic) bond motifs is 1. The number of hydrogen-bond acceptors (Lipinski definition) is 3. The molecule has 0 aliphatic heterocycles. The Morgan fingerprint density at radius 1 is 1.08 bits per heavy atom. The van der Waals surface area contributed by atoms with Crippen LogP contribution in [0.15, 0.2) is 54.7 Å². The third-order valence-corrected chi connectivity index (χ3v) is 4.22. The maximum absolute atomic E-state index is 11.9. The van der Waals surface area contributed by atoms with Gasteiger partial charge in [0.2, 0.25) is 0 Å². The maximum atomic E-state index is 11.9. The van der Waals surface area contributed by atoms with Gasteiger partial charge in [-0.15, -0.1) is 0 Å². The fraction of sp³-hybridized carbons (Fsp3) is 0.111. The van der Waals surface area contributed by atoms with Crippen LogP contribution >= 0.6 is 22.6 Å². The Bertz CT molecular complexity index is 871. The van der Waals surface area contributed by atoms with Gasteiger partial charge in [-0.05, 0) is 58.5 Å². The molecule has 5 nitrogen and oxygen atoms in total. The minimum absolute atomic E-state index is 0.126. The van der Waals surface area contributed by atoms with Crippen LogP contribution in [0.25, 0.3) is 10.9 Å². The average molecular weight is 434 g/mol. The summed E-state index contributed by atoms with van der Waals surface area (Å²) in [4.78, 5) is 26.9. The molecule has 0 saturated carbocycles. The fourth-order valence-electron chi connectivity index (χ4n) is 2.36. The van der Waals surface area contributed by atoms with Crippen LogP contribution < -0.4 is 5.32 Å². The van der Waals surface area contributed by atoms with E-state index in [1.54, 1.807) is 18.3 Å². The van der Waals surface area contributed by atoms with E-state index >= 15 is 0 Å². The van der Waals surface area contributed by atoms with Gasteiger partial charge in [0.1, 0.15) is 0 Å². The molecule has 0 aliphatic carbocycles. The average Bonchev–Trinajstić information content (AvgIpc) is 2.98. The Hall–Kier alpha value is -2.35. The lowest BCUT2D eigenvalue weighted by Gasteiger charge is -2.06. The Balaban J connectivity index is 1.52. The number of H-pyrrole nitrogens is 1. The molecule has 0 aliphatic rings. The van der Waals surface area contributed by atoms with Gasteiger partial charge in [-0.25, -0.2) is 0 Å². The number of hydrogen-bond donors (Lipinski definition) is 2. The third kappa shape index (κ3) is 4.14. The summed E-state index contributed by atoms with van der Waals surface area (Å²) in [6.45, 7) is -0.298. The molecule has 3 aromatic rings. The molecule has 122 valence electrons. The minimum atomic E-state index is -0.433. The van der Waals surface area contributed by atoms with E-state index in [0.717, 1.165) is 20.0 Å². The van der Waals surface area contributed by atoms with E-state index in [2.05, 4.69) is 32.9 Å². The summed E-state index contributed by atoms with van der Waals surface area (Å²) in [5.41, 5.74) is 2.50. The molecule has 1 heterocycles. The highest BCUT2D eigenvalue weighted by molar-refractivity contribution is 14.1. The van der Waals surface area contributed by atoms with Gasteiger partial charge in [0, 0.05) is 26.4 Å². The summed E-state index contributed by atoms with van der Waals surface area (Å²) in [5, 5.41) is 3.67. The zero-order chi connectivity index (χ0) is 16.9. The predicted molar refractivity (Wildman–Crippen MR) is 101 cm³/mol. The summed E-state index contributed by atoms with van der Waals surface area (Å²) in [6.07, 6.45) is 1.92. The number of halogens is 1. The number of carbonyl (C=O) groups excluding carboxylic acids is 2. The Labute approximate surface area is 152 Å². The van der Waals surface area contributed by atoms with Gasteiger partial charge in [-0.3, -0.25) is 9.59 Å². The highest BCUT2D eigenvalue weighted by atomic mass is 127. The molecule has 0 bridgehead atoms. The molecule has 1 amide bonds. The predicted octanol–water partition coefficient (Wildman–Crippen LogP) is 3.50. The molecule has 2 N–H and O–H groups in total. The zero-order valence-electron chi connectivity index (χ0n) is 12.7. The van der Waals surface area contributed by atoms with Crippen molar-refractivity contribution in [3.63, 3.8) is 0 Å². The summed E-state index contributed by atoms with van der Waals surface area (Å²) in [5.74, 6) is -0.791. The molecule has 2 aromatic carbocycles. The first-order chi connectivity index (χ1) is 11.6. The second-order valence-corrected chi connectivity index (χ2v) is 6.50. The summed E-state index contributed by atoms with van der Waals surface area (Å²) < 4.78 is 6.14. The number of amides is 1. The number of nitrogens with one attached hydrogen (secondary N) is 2. The maximum Gasteiger partial charge on any atom is 0.310 e. The van der Waals surface area contributed by atoms with Crippen LogP contribution in [-0.2, 0) is 20.7 Å². The largest absolute Gasteiger partial charge is 0.455 e. The van der Waals surface area contributed by atoms with Crippen molar-refractivity contribution in [1.82, 2.24) is 4.98 Å². The molecule has 6 heteroatoms. The number of ether oxygens (including phenoxy) is 1. The molecule has 3 rings (SSSR count). The number of aromatic nitrogens is 1. The summed E-state index contributed by atoms with van der Waals surface area (Å²) >= 11 is 2.19. The van der Waals surface area contributed by atoms with E-state index in [9.17, 15) is 9.59 Å². The molecule has 1 aromatic heterocycles. The van der Waals surface area contributed by atoms with Crippen molar-refractivity contribution in [2.75, 3.05) is 11.9 Å². The normalized spacial score (nSPS) is 10.5. The van der Waals surface area contributed by atoms with E-state index < -0.39 is 5.97 Å². The molecule has 24 heavy (non-hydrogen) atoms. The number of rotatable bonds is 5. The quantitative estimate of drug-likeness (QED) is 0.477. The lowest BCUT2D eigenvalue weighted by Crippen LogP contribution is -2.21. The third-order valence-electron chi connectivity index (χ3n) is 3.50. The highest BCUT2D eigenvalue weighted by Crippen LogP contribution is 2.18. The van der Waals surface area contributed by atoms with E-state index in [1.807, 2.05) is 36.4 Å². The SMILES string of the molecule is O=C(COC(=O)Cc1c[nH]c2ccccc12)Nc1ccc(I)cc1. The molecule has 0 spiro atoms. The van der Waals surface area contributed by atoms with E-state index in [-0.39, 0.29) is 18.9 Å². The van der Waals surface area contributed by atoms with E-state index in [0.29, 0.717) is 5.69 Å². The number of carbonyl (C=O) groups is 2. The van der Waals surface area contributed by atoms with Crippen LogP contribution in [0.5, 0.6) is 0 Å². The standard InChI is InChI=1S/C18H15IN2O3/c19-13-5-7-14(8-6-13)21-17(22)11-24-18(23)9-12-10-20-16-4-2-1-3-15(12)16/h1-8,10,20H,9,11H2,(H,21,22). The smallest absolute Gasteiger partial charge is 0.310 e. The van der Waals surface area contributed by atoms with Crippen LogP contribution in [-0.4, -0.2) is 23.5 Å². The Morgan fingerprint density at radius 2 is 1.83 bits per heavy atom. The van der Waals surface area contributed by atoms with Crippen molar-refractivity contribution in [2.24, 2.45) is 0 Å². The monoisotopic (exact) mass is 434 g/mol. The van der Waals surface area contributed by atoms with Gasteiger partial charge in [0.05, 0.1) is 6.42 Å². The lowest BCUT2D eigenvalue weighted by molar-refractivity contribution is -0.146. The van der Waals surface area contributed by atoms with Crippen LogP contribution in [0.2, 0.25) is 0 Å². The minimum Gasteiger partial charge on any atom is -0.455 e. The zero-order valence-corrected chi connectivity index (χ0v) is 14.9. The number of anilines is 1. The molecular formula is C18H15IN2O3. The molecular weight excluding hydrogens is 419 g/mol. The molecule has 0 saturated heterocycles. The van der Waals surface area contributed by atoms with Crippen LogP contribution in [0.1, 0.15) is 5.56 Å². The molecule has 0 radical (unpaired) electrons. The number of esters is 1. The second-order valence-electron chi connectivity index (χ2n) is 5.25. The van der Waals surface area contributed by atoms with Gasteiger partial charge in [-0.2, -0.15) is 0 Å². The van der Waals surface area contributed by atoms with Crippen molar-refractivity contribution in [3.05, 3.63) is 63.9 Å². The highest BCUT2D eigenvalue weighted by Gasteiger charge is 2.11. The van der Waals surface area contributed by atoms with Crippen LogP contribution in [0.4, 0.5) is 5.69 Å². The number of para-hydroxylation sites is 1. The van der Waals surface area contributed by atoms with E-state index in [4.69, 9.17) is 4.74 Å². The first-order valence-corrected chi connectivity index (χ1v) is 8.46. The first kappa shape index (κ1) is 16.5. The van der Waals surface area contributed by atoms with Crippen molar-refractivity contribution in [2.45, 2.75) is 6.42 Å². The molecule has 0 unspecified atom stereocenters. The van der Waals surface area contributed by atoms with Crippen molar-refractivity contribution in [3.8, 4) is 0 Å². The fourth-order valence-corrected chi connectivity index (χ4v) is 2.72. The molecule has 0 atom stereocenters.